The molecule has 0 heterocycles. The minimum absolute atomic E-state index is 0.126. The molecule has 5 heteroatoms. The summed E-state index contributed by atoms with van der Waals surface area (Å²) in [6.07, 6.45) is 0.716. The Labute approximate surface area is 148 Å². The number of hydrogen-bond donors (Lipinski definition) is 1. The Morgan fingerprint density at radius 2 is 1.88 bits per heavy atom. The molecule has 1 amide bonds. The van der Waals surface area contributed by atoms with Gasteiger partial charge in [0.05, 0.1) is 13.2 Å². The largest absolute Gasteiger partial charge is 0.493 e. The summed E-state index contributed by atoms with van der Waals surface area (Å²) in [6.45, 7) is 5.86. The molecule has 0 saturated carbocycles. The van der Waals surface area contributed by atoms with Gasteiger partial charge in [0.2, 0.25) is 0 Å². The topological polar surface area (TPSA) is 64.6 Å². The number of hydrogen-bond acceptors (Lipinski definition) is 4. The maximum absolute atomic E-state index is 12.2. The van der Waals surface area contributed by atoms with Crippen LogP contribution in [0.15, 0.2) is 36.4 Å². The Morgan fingerprint density at radius 3 is 2.52 bits per heavy atom. The Morgan fingerprint density at radius 1 is 1.12 bits per heavy atom. The summed E-state index contributed by atoms with van der Waals surface area (Å²) in [5.41, 5.74) is 3.90. The van der Waals surface area contributed by atoms with Crippen molar-refractivity contribution in [2.24, 2.45) is 0 Å². The molecule has 0 aliphatic carbocycles. The van der Waals surface area contributed by atoms with Crippen LogP contribution < -0.4 is 14.8 Å². The molecule has 0 bridgehead atoms. The minimum Gasteiger partial charge on any atom is -0.493 e. The van der Waals surface area contributed by atoms with E-state index >= 15 is 0 Å². The molecule has 132 valence electrons. The van der Waals surface area contributed by atoms with Crippen LogP contribution in [0.3, 0.4) is 0 Å². The van der Waals surface area contributed by atoms with Crippen LogP contribution in [0.5, 0.6) is 11.5 Å². The van der Waals surface area contributed by atoms with Gasteiger partial charge in [-0.25, -0.2) is 0 Å². The van der Waals surface area contributed by atoms with E-state index in [1.54, 1.807) is 18.2 Å². The molecule has 1 atom stereocenters. The van der Waals surface area contributed by atoms with Gasteiger partial charge in [-0.3, -0.25) is 9.59 Å². The highest BCUT2D eigenvalue weighted by molar-refractivity contribution is 5.79. The number of benzene rings is 2. The zero-order chi connectivity index (χ0) is 18.4. The van der Waals surface area contributed by atoms with E-state index in [0.29, 0.717) is 23.3 Å². The third-order valence-corrected chi connectivity index (χ3v) is 4.09. The minimum atomic E-state index is -0.246. The summed E-state index contributed by atoms with van der Waals surface area (Å²) >= 11 is 0. The lowest BCUT2D eigenvalue weighted by Gasteiger charge is -2.16. The second-order valence-electron chi connectivity index (χ2n) is 5.95. The van der Waals surface area contributed by atoms with Crippen LogP contribution >= 0.6 is 0 Å². The van der Waals surface area contributed by atoms with Gasteiger partial charge < -0.3 is 14.8 Å². The van der Waals surface area contributed by atoms with Gasteiger partial charge in [0.25, 0.3) is 5.91 Å². The molecule has 2 rings (SSSR count). The number of ether oxygens (including phenoxy) is 2. The zero-order valence-electron chi connectivity index (χ0n) is 15.0. The smallest absolute Gasteiger partial charge is 0.258 e. The second-order valence-corrected chi connectivity index (χ2v) is 5.95. The number of aryl methyl sites for hydroxylation is 2. The van der Waals surface area contributed by atoms with Crippen LogP contribution in [0.25, 0.3) is 0 Å². The summed E-state index contributed by atoms with van der Waals surface area (Å²) in [5.74, 6) is 0.589. The predicted octanol–water partition coefficient (Wildman–Crippen LogP) is 3.38. The molecule has 0 aliphatic heterocycles. The highest BCUT2D eigenvalue weighted by Crippen LogP contribution is 2.27. The van der Waals surface area contributed by atoms with Crippen molar-refractivity contribution in [3.05, 3.63) is 58.7 Å². The second kappa shape index (κ2) is 8.33. The highest BCUT2D eigenvalue weighted by atomic mass is 16.5. The van der Waals surface area contributed by atoms with Crippen molar-refractivity contribution < 1.29 is 19.1 Å². The summed E-state index contributed by atoms with van der Waals surface area (Å²) in [4.78, 5) is 23.0. The SMILES string of the molecule is COc1ccc(C=O)cc1OCC(=O)NC(C)c1ccc(C)c(C)c1. The third-order valence-electron chi connectivity index (χ3n) is 4.09. The quantitative estimate of drug-likeness (QED) is 0.784. The monoisotopic (exact) mass is 341 g/mol. The van der Waals surface area contributed by atoms with Crippen molar-refractivity contribution in [3.8, 4) is 11.5 Å². The lowest BCUT2D eigenvalue weighted by molar-refractivity contribution is -0.123. The first-order chi connectivity index (χ1) is 11.9. The summed E-state index contributed by atoms with van der Waals surface area (Å²) in [7, 11) is 1.50. The normalized spacial score (nSPS) is 11.5. The number of carbonyl (C=O) groups excluding carboxylic acids is 2. The van der Waals surface area contributed by atoms with Gasteiger partial charge in [0.15, 0.2) is 18.1 Å². The Hall–Kier alpha value is -2.82. The van der Waals surface area contributed by atoms with Crippen molar-refractivity contribution in [2.45, 2.75) is 26.8 Å². The lowest BCUT2D eigenvalue weighted by atomic mass is 10.0. The van der Waals surface area contributed by atoms with Crippen LogP contribution in [-0.4, -0.2) is 25.9 Å². The molecule has 0 spiro atoms. The van der Waals surface area contributed by atoms with Crippen molar-refractivity contribution in [1.82, 2.24) is 5.32 Å². The number of carbonyl (C=O) groups is 2. The number of amides is 1. The molecule has 0 radical (unpaired) electrons. The third kappa shape index (κ3) is 4.83. The van der Waals surface area contributed by atoms with Gasteiger partial charge in [-0.2, -0.15) is 0 Å². The van der Waals surface area contributed by atoms with Crippen LogP contribution in [0.2, 0.25) is 0 Å². The molecule has 0 saturated heterocycles. The predicted molar refractivity (Wildman–Crippen MR) is 96.4 cm³/mol. The van der Waals surface area contributed by atoms with Crippen LogP contribution in [0.4, 0.5) is 0 Å². The lowest BCUT2D eigenvalue weighted by Crippen LogP contribution is -2.31. The maximum atomic E-state index is 12.2. The first-order valence-electron chi connectivity index (χ1n) is 8.07. The fourth-order valence-corrected chi connectivity index (χ4v) is 2.42. The Balaban J connectivity index is 1.98. The molecule has 0 fully saturated rings. The standard InChI is InChI=1S/C20H23NO4/c1-13-5-7-17(9-14(13)2)15(3)21-20(23)12-25-19-10-16(11-22)6-8-18(19)24-4/h5-11,15H,12H2,1-4H3,(H,21,23). The van der Waals surface area contributed by atoms with Crippen LogP contribution in [-0.2, 0) is 4.79 Å². The van der Waals surface area contributed by atoms with Crippen molar-refractivity contribution in [2.75, 3.05) is 13.7 Å². The van der Waals surface area contributed by atoms with Gasteiger partial charge in [-0.05, 0) is 55.7 Å². The molecule has 25 heavy (non-hydrogen) atoms. The summed E-state index contributed by atoms with van der Waals surface area (Å²) < 4.78 is 10.7. The van der Waals surface area contributed by atoms with Gasteiger partial charge in [0.1, 0.15) is 6.29 Å². The molecule has 0 aromatic heterocycles. The van der Waals surface area contributed by atoms with E-state index in [4.69, 9.17) is 9.47 Å². The molecule has 2 aromatic rings. The van der Waals surface area contributed by atoms with E-state index in [-0.39, 0.29) is 18.6 Å². The maximum Gasteiger partial charge on any atom is 0.258 e. The number of methoxy groups -OCH3 is 1. The number of rotatable bonds is 7. The fourth-order valence-electron chi connectivity index (χ4n) is 2.42. The highest BCUT2D eigenvalue weighted by Gasteiger charge is 2.12. The summed E-state index contributed by atoms with van der Waals surface area (Å²) in [5, 5.41) is 2.90. The van der Waals surface area contributed by atoms with E-state index in [2.05, 4.69) is 18.3 Å². The van der Waals surface area contributed by atoms with Crippen molar-refractivity contribution in [1.29, 1.82) is 0 Å². The first kappa shape index (κ1) is 18.5. The zero-order valence-corrected chi connectivity index (χ0v) is 15.0. The Bertz CT molecular complexity index is 770. The van der Waals surface area contributed by atoms with Gasteiger partial charge in [-0.1, -0.05) is 18.2 Å². The first-order valence-corrected chi connectivity index (χ1v) is 8.07. The molecular weight excluding hydrogens is 318 g/mol. The van der Waals surface area contributed by atoms with Crippen molar-refractivity contribution in [3.63, 3.8) is 0 Å². The van der Waals surface area contributed by atoms with Crippen LogP contribution in [0.1, 0.15) is 40.0 Å². The summed E-state index contributed by atoms with van der Waals surface area (Å²) in [6, 6.07) is 10.8. The molecule has 0 aliphatic rings. The van der Waals surface area contributed by atoms with E-state index < -0.39 is 0 Å². The number of aldehydes is 1. The van der Waals surface area contributed by atoms with Gasteiger partial charge in [-0.15, -0.1) is 0 Å². The van der Waals surface area contributed by atoms with E-state index in [0.717, 1.165) is 5.56 Å². The Kier molecular flexibility index (Phi) is 6.17. The number of nitrogens with one attached hydrogen (secondary N) is 1. The average molecular weight is 341 g/mol. The molecule has 1 N–H and O–H groups in total. The van der Waals surface area contributed by atoms with E-state index in [1.807, 2.05) is 26.0 Å². The van der Waals surface area contributed by atoms with Crippen molar-refractivity contribution >= 4 is 12.2 Å². The molecule has 1 unspecified atom stereocenters. The molecular formula is C20H23NO4. The van der Waals surface area contributed by atoms with Crippen LogP contribution in [0, 0.1) is 13.8 Å². The molecule has 5 nitrogen and oxygen atoms in total. The van der Waals surface area contributed by atoms with Gasteiger partial charge >= 0.3 is 0 Å². The van der Waals surface area contributed by atoms with E-state index in [1.165, 1.54) is 18.2 Å². The molecule has 2 aromatic carbocycles. The fraction of sp³-hybridized carbons (Fsp3) is 0.300. The average Bonchev–Trinajstić information content (AvgIpc) is 2.61. The van der Waals surface area contributed by atoms with Gasteiger partial charge in [0, 0.05) is 5.56 Å². The van der Waals surface area contributed by atoms with E-state index in [9.17, 15) is 9.59 Å².